The standard InChI is InChI=1S/C12H17F2N3/c1-17-4-2-3-9(17)7-16-11-6-8(13)5-10(14)12(11)15/h5-6,9,16H,2-4,7,15H2,1H3. The quantitative estimate of drug-likeness (QED) is 0.796. The zero-order valence-corrected chi connectivity index (χ0v) is 9.84. The second-order valence-electron chi connectivity index (χ2n) is 4.51. The Morgan fingerprint density at radius 3 is 2.88 bits per heavy atom. The number of likely N-dealkylation sites (N-methyl/N-ethyl adjacent to an activating group) is 1. The van der Waals surface area contributed by atoms with Crippen LogP contribution in [-0.2, 0) is 0 Å². The molecule has 1 saturated heterocycles. The van der Waals surface area contributed by atoms with E-state index in [0.29, 0.717) is 18.3 Å². The lowest BCUT2D eigenvalue weighted by molar-refractivity contribution is 0.322. The second kappa shape index (κ2) is 4.87. The number of benzene rings is 1. The van der Waals surface area contributed by atoms with Crippen LogP contribution in [0.5, 0.6) is 0 Å². The molecule has 1 heterocycles. The fraction of sp³-hybridized carbons (Fsp3) is 0.500. The number of anilines is 2. The largest absolute Gasteiger partial charge is 0.395 e. The smallest absolute Gasteiger partial charge is 0.151 e. The van der Waals surface area contributed by atoms with Crippen LogP contribution in [0, 0.1) is 11.6 Å². The summed E-state index contributed by atoms with van der Waals surface area (Å²) in [6.45, 7) is 1.73. The van der Waals surface area contributed by atoms with Crippen LogP contribution >= 0.6 is 0 Å². The van der Waals surface area contributed by atoms with Gasteiger partial charge in [-0.3, -0.25) is 0 Å². The van der Waals surface area contributed by atoms with Crippen LogP contribution in [0.3, 0.4) is 0 Å². The van der Waals surface area contributed by atoms with Crippen molar-refractivity contribution in [1.82, 2.24) is 4.90 Å². The zero-order valence-electron chi connectivity index (χ0n) is 9.84. The average Bonchev–Trinajstić information content (AvgIpc) is 2.67. The summed E-state index contributed by atoms with van der Waals surface area (Å²) in [4.78, 5) is 2.23. The van der Waals surface area contributed by atoms with Crippen molar-refractivity contribution in [2.24, 2.45) is 0 Å². The third-order valence-electron chi connectivity index (χ3n) is 3.29. The third-order valence-corrected chi connectivity index (χ3v) is 3.29. The highest BCUT2D eigenvalue weighted by molar-refractivity contribution is 5.66. The van der Waals surface area contributed by atoms with Crippen molar-refractivity contribution < 1.29 is 8.78 Å². The van der Waals surface area contributed by atoms with Gasteiger partial charge in [0.15, 0.2) is 5.82 Å². The summed E-state index contributed by atoms with van der Waals surface area (Å²) in [5.74, 6) is -1.33. The zero-order chi connectivity index (χ0) is 12.4. The summed E-state index contributed by atoms with van der Waals surface area (Å²) < 4.78 is 26.2. The number of hydrogen-bond acceptors (Lipinski definition) is 3. The van der Waals surface area contributed by atoms with Crippen LogP contribution in [0.4, 0.5) is 20.2 Å². The van der Waals surface area contributed by atoms with Crippen molar-refractivity contribution >= 4 is 11.4 Å². The van der Waals surface area contributed by atoms with Gasteiger partial charge in [0, 0.05) is 18.7 Å². The number of nitrogen functional groups attached to an aromatic ring is 1. The second-order valence-corrected chi connectivity index (χ2v) is 4.51. The molecular formula is C12H17F2N3. The van der Waals surface area contributed by atoms with Crippen molar-refractivity contribution in [3.63, 3.8) is 0 Å². The number of halogens is 2. The highest BCUT2D eigenvalue weighted by Crippen LogP contribution is 2.24. The summed E-state index contributed by atoms with van der Waals surface area (Å²) in [6.07, 6.45) is 2.26. The van der Waals surface area contributed by atoms with Gasteiger partial charge in [-0.2, -0.15) is 0 Å². The summed E-state index contributed by atoms with van der Waals surface area (Å²) >= 11 is 0. The number of nitrogens with zero attached hydrogens (tertiary/aromatic N) is 1. The van der Waals surface area contributed by atoms with E-state index >= 15 is 0 Å². The molecule has 3 N–H and O–H groups in total. The topological polar surface area (TPSA) is 41.3 Å². The Hall–Kier alpha value is -1.36. The van der Waals surface area contributed by atoms with E-state index in [0.717, 1.165) is 25.5 Å². The fourth-order valence-corrected chi connectivity index (χ4v) is 2.20. The first-order valence-corrected chi connectivity index (χ1v) is 5.76. The van der Waals surface area contributed by atoms with Gasteiger partial charge in [0.05, 0.1) is 11.4 Å². The molecule has 2 rings (SSSR count). The molecule has 1 fully saturated rings. The number of likely N-dealkylation sites (tertiary alicyclic amines) is 1. The van der Waals surface area contributed by atoms with Crippen LogP contribution < -0.4 is 11.1 Å². The van der Waals surface area contributed by atoms with E-state index in [1.807, 2.05) is 0 Å². The molecule has 3 nitrogen and oxygen atoms in total. The Labute approximate surface area is 99.6 Å². The molecule has 0 aliphatic carbocycles. The molecule has 0 bridgehead atoms. The Morgan fingerprint density at radius 1 is 1.47 bits per heavy atom. The molecular weight excluding hydrogens is 224 g/mol. The maximum atomic E-state index is 13.2. The van der Waals surface area contributed by atoms with Crippen LogP contribution in [0.15, 0.2) is 12.1 Å². The van der Waals surface area contributed by atoms with Crippen LogP contribution in [0.1, 0.15) is 12.8 Å². The maximum Gasteiger partial charge on any atom is 0.151 e. The first kappa shape index (κ1) is 12.1. The number of rotatable bonds is 3. The summed E-state index contributed by atoms with van der Waals surface area (Å²) in [7, 11) is 2.05. The van der Waals surface area contributed by atoms with E-state index in [4.69, 9.17) is 5.73 Å². The molecule has 1 aliphatic heterocycles. The van der Waals surface area contributed by atoms with Crippen LogP contribution in [-0.4, -0.2) is 31.1 Å². The summed E-state index contributed by atoms with van der Waals surface area (Å²) in [6, 6.07) is 2.43. The molecule has 0 amide bonds. The molecule has 94 valence electrons. The van der Waals surface area contributed by atoms with E-state index in [-0.39, 0.29) is 5.69 Å². The average molecular weight is 241 g/mol. The van der Waals surface area contributed by atoms with Gasteiger partial charge in [0.2, 0.25) is 0 Å². The highest BCUT2D eigenvalue weighted by atomic mass is 19.1. The van der Waals surface area contributed by atoms with Crippen molar-refractivity contribution in [1.29, 1.82) is 0 Å². The van der Waals surface area contributed by atoms with Gasteiger partial charge in [-0.05, 0) is 32.5 Å². The molecule has 1 unspecified atom stereocenters. The number of nitrogens with one attached hydrogen (secondary N) is 1. The van der Waals surface area contributed by atoms with Gasteiger partial charge in [-0.15, -0.1) is 0 Å². The van der Waals surface area contributed by atoms with Gasteiger partial charge >= 0.3 is 0 Å². The van der Waals surface area contributed by atoms with Crippen molar-refractivity contribution in [3.8, 4) is 0 Å². The predicted molar refractivity (Wildman–Crippen MR) is 64.9 cm³/mol. The van der Waals surface area contributed by atoms with Gasteiger partial charge in [-0.25, -0.2) is 8.78 Å². The van der Waals surface area contributed by atoms with Gasteiger partial charge in [-0.1, -0.05) is 0 Å². The molecule has 0 radical (unpaired) electrons. The molecule has 1 aromatic carbocycles. The lowest BCUT2D eigenvalue weighted by Gasteiger charge is -2.21. The highest BCUT2D eigenvalue weighted by Gasteiger charge is 2.20. The van der Waals surface area contributed by atoms with E-state index in [9.17, 15) is 8.78 Å². The van der Waals surface area contributed by atoms with E-state index in [1.54, 1.807) is 0 Å². The molecule has 1 aliphatic rings. The Kier molecular flexibility index (Phi) is 3.47. The molecule has 1 aromatic rings. The molecule has 1 atom stereocenters. The van der Waals surface area contributed by atoms with Gasteiger partial charge < -0.3 is 16.0 Å². The van der Waals surface area contributed by atoms with Gasteiger partial charge in [0.1, 0.15) is 5.82 Å². The van der Waals surface area contributed by atoms with E-state index in [1.165, 1.54) is 6.07 Å². The summed E-state index contributed by atoms with van der Waals surface area (Å²) in [5, 5.41) is 3.02. The Bertz CT molecular complexity index is 409. The Morgan fingerprint density at radius 2 is 2.24 bits per heavy atom. The first-order chi connectivity index (χ1) is 8.08. The van der Waals surface area contributed by atoms with Crippen molar-refractivity contribution in [3.05, 3.63) is 23.8 Å². The van der Waals surface area contributed by atoms with E-state index < -0.39 is 11.6 Å². The molecule has 0 aromatic heterocycles. The monoisotopic (exact) mass is 241 g/mol. The lowest BCUT2D eigenvalue weighted by Crippen LogP contribution is -2.31. The predicted octanol–water partition coefficient (Wildman–Crippen LogP) is 2.05. The minimum absolute atomic E-state index is 0.0212. The fourth-order valence-electron chi connectivity index (χ4n) is 2.20. The first-order valence-electron chi connectivity index (χ1n) is 5.76. The van der Waals surface area contributed by atoms with Gasteiger partial charge in [0.25, 0.3) is 0 Å². The lowest BCUT2D eigenvalue weighted by atomic mass is 10.2. The maximum absolute atomic E-state index is 13.2. The normalized spacial score (nSPS) is 20.8. The van der Waals surface area contributed by atoms with Crippen molar-refractivity contribution in [2.45, 2.75) is 18.9 Å². The summed E-state index contributed by atoms with van der Waals surface area (Å²) in [5.41, 5.74) is 5.87. The third kappa shape index (κ3) is 2.66. The van der Waals surface area contributed by atoms with Crippen molar-refractivity contribution in [2.75, 3.05) is 31.2 Å². The van der Waals surface area contributed by atoms with Crippen LogP contribution in [0.25, 0.3) is 0 Å². The Balaban J connectivity index is 2.03. The number of nitrogens with two attached hydrogens (primary N) is 1. The number of hydrogen-bond donors (Lipinski definition) is 2. The van der Waals surface area contributed by atoms with Crippen LogP contribution in [0.2, 0.25) is 0 Å². The molecule has 5 heteroatoms. The SMILES string of the molecule is CN1CCCC1CNc1cc(F)cc(F)c1N. The molecule has 0 saturated carbocycles. The minimum atomic E-state index is -0.715. The minimum Gasteiger partial charge on any atom is -0.395 e. The van der Waals surface area contributed by atoms with E-state index in [2.05, 4.69) is 17.3 Å². The molecule has 17 heavy (non-hydrogen) atoms. The molecule has 0 spiro atoms.